The first-order valence-corrected chi connectivity index (χ1v) is 6.36. The molecule has 1 amide bonds. The zero-order valence-corrected chi connectivity index (χ0v) is 10.8. The summed E-state index contributed by atoms with van der Waals surface area (Å²) in [6, 6.07) is 0. The van der Waals surface area contributed by atoms with Crippen molar-refractivity contribution in [2.24, 2.45) is 5.73 Å². The van der Waals surface area contributed by atoms with E-state index in [1.807, 2.05) is 12.3 Å². The maximum atomic E-state index is 11.7. The Morgan fingerprint density at radius 3 is 3.11 bits per heavy atom. The second-order valence-corrected chi connectivity index (χ2v) is 4.65. The van der Waals surface area contributed by atoms with Gasteiger partial charge in [-0.25, -0.2) is 9.67 Å². The first kappa shape index (κ1) is 12.7. The molecule has 0 aliphatic rings. The van der Waals surface area contributed by atoms with Crippen LogP contribution in [0.4, 0.5) is 5.13 Å². The maximum absolute atomic E-state index is 11.7. The summed E-state index contributed by atoms with van der Waals surface area (Å²) in [7, 11) is 0. The Labute approximate surface area is 108 Å². The molecule has 0 atom stereocenters. The molecule has 0 radical (unpaired) electrons. The van der Waals surface area contributed by atoms with E-state index in [1.54, 1.807) is 6.20 Å². The predicted octanol–water partition coefficient (Wildman–Crippen LogP) is 0.183. The Morgan fingerprint density at radius 2 is 2.44 bits per heavy atom. The Bertz CT molecular complexity index is 534. The van der Waals surface area contributed by atoms with E-state index < -0.39 is 0 Å². The van der Waals surface area contributed by atoms with Crippen LogP contribution in [0.1, 0.15) is 11.4 Å². The summed E-state index contributed by atoms with van der Waals surface area (Å²) >= 11 is 1.40. The fourth-order valence-electron chi connectivity index (χ4n) is 1.40. The molecule has 8 heteroatoms. The summed E-state index contributed by atoms with van der Waals surface area (Å²) in [6.45, 7) is 2.52. The zero-order valence-electron chi connectivity index (χ0n) is 9.96. The highest BCUT2D eigenvalue weighted by Crippen LogP contribution is 2.14. The van der Waals surface area contributed by atoms with Crippen LogP contribution >= 0.6 is 11.3 Å². The second kappa shape index (κ2) is 5.69. The van der Waals surface area contributed by atoms with Crippen molar-refractivity contribution < 1.29 is 4.79 Å². The molecule has 0 aliphatic heterocycles. The third kappa shape index (κ3) is 3.34. The van der Waals surface area contributed by atoms with Crippen LogP contribution in [-0.4, -0.2) is 32.4 Å². The minimum Gasteiger partial charge on any atom is -0.330 e. The fourth-order valence-corrected chi connectivity index (χ4v) is 2.10. The lowest BCUT2D eigenvalue weighted by Crippen LogP contribution is -2.19. The van der Waals surface area contributed by atoms with Crippen molar-refractivity contribution in [3.8, 4) is 0 Å². The van der Waals surface area contributed by atoms with E-state index in [9.17, 15) is 4.79 Å². The first-order chi connectivity index (χ1) is 8.67. The fraction of sp³-hybridized carbons (Fsp3) is 0.400. The lowest BCUT2D eigenvalue weighted by molar-refractivity contribution is -0.116. The molecule has 96 valence electrons. The van der Waals surface area contributed by atoms with Gasteiger partial charge in [-0.05, 0) is 13.5 Å². The van der Waals surface area contributed by atoms with Crippen molar-refractivity contribution >= 4 is 22.4 Å². The molecule has 2 rings (SSSR count). The molecular weight excluding hydrogens is 252 g/mol. The van der Waals surface area contributed by atoms with Gasteiger partial charge < -0.3 is 11.1 Å². The number of hydrogen-bond acceptors (Lipinski definition) is 6. The molecule has 2 heterocycles. The van der Waals surface area contributed by atoms with Crippen LogP contribution in [0.2, 0.25) is 0 Å². The molecule has 18 heavy (non-hydrogen) atoms. The van der Waals surface area contributed by atoms with Crippen LogP contribution in [-0.2, 0) is 17.8 Å². The third-order valence-corrected chi connectivity index (χ3v) is 3.03. The van der Waals surface area contributed by atoms with E-state index >= 15 is 0 Å². The Hall–Kier alpha value is -1.80. The van der Waals surface area contributed by atoms with E-state index in [0.717, 1.165) is 11.4 Å². The highest BCUT2D eigenvalue weighted by molar-refractivity contribution is 7.13. The first-order valence-electron chi connectivity index (χ1n) is 5.48. The average molecular weight is 266 g/mol. The van der Waals surface area contributed by atoms with E-state index in [4.69, 9.17) is 5.73 Å². The molecule has 0 aliphatic carbocycles. The number of carbonyl (C=O) groups is 1. The smallest absolute Gasteiger partial charge is 0.247 e. The van der Waals surface area contributed by atoms with Crippen molar-refractivity contribution in [1.82, 2.24) is 20.0 Å². The zero-order chi connectivity index (χ0) is 13.0. The van der Waals surface area contributed by atoms with Gasteiger partial charge in [-0.2, -0.15) is 0 Å². The molecule has 7 nitrogen and oxygen atoms in total. The van der Waals surface area contributed by atoms with E-state index in [-0.39, 0.29) is 12.5 Å². The van der Waals surface area contributed by atoms with Crippen LogP contribution in [0.25, 0.3) is 0 Å². The highest BCUT2D eigenvalue weighted by atomic mass is 32.1. The standard InChI is InChI=1S/C10H14N6OS/c1-7-6-18-10(12-7)13-9(17)5-16-4-8(2-3-11)14-15-16/h4,6H,2-3,5,11H2,1H3,(H,12,13,17). The number of nitrogens with zero attached hydrogens (tertiary/aromatic N) is 4. The molecule has 0 spiro atoms. The summed E-state index contributed by atoms with van der Waals surface area (Å²) in [5.41, 5.74) is 7.09. The minimum absolute atomic E-state index is 0.121. The number of carbonyl (C=O) groups excluding carboxylic acids is 1. The van der Waals surface area contributed by atoms with Crippen molar-refractivity contribution in [2.45, 2.75) is 19.9 Å². The van der Waals surface area contributed by atoms with Gasteiger partial charge in [0, 0.05) is 18.0 Å². The van der Waals surface area contributed by atoms with Gasteiger partial charge in [0.2, 0.25) is 5.91 Å². The third-order valence-electron chi connectivity index (χ3n) is 2.16. The number of rotatable bonds is 5. The number of nitrogens with two attached hydrogens (primary N) is 1. The summed E-state index contributed by atoms with van der Waals surface area (Å²) in [6.07, 6.45) is 2.38. The van der Waals surface area contributed by atoms with Gasteiger partial charge in [-0.15, -0.1) is 16.4 Å². The van der Waals surface area contributed by atoms with Gasteiger partial charge in [-0.3, -0.25) is 4.79 Å². The molecule has 0 fully saturated rings. The SMILES string of the molecule is Cc1csc(NC(=O)Cn2cc(CCN)nn2)n1. The summed E-state index contributed by atoms with van der Waals surface area (Å²) in [4.78, 5) is 15.9. The van der Waals surface area contributed by atoms with Crippen molar-refractivity contribution in [2.75, 3.05) is 11.9 Å². The summed E-state index contributed by atoms with van der Waals surface area (Å²) in [5.74, 6) is -0.173. The predicted molar refractivity (Wildman–Crippen MR) is 68.3 cm³/mol. The Balaban J connectivity index is 1.90. The molecule has 2 aromatic rings. The van der Waals surface area contributed by atoms with E-state index in [2.05, 4.69) is 20.6 Å². The molecule has 3 N–H and O–H groups in total. The molecule has 0 saturated heterocycles. The number of thiazole rings is 1. The van der Waals surface area contributed by atoms with Crippen molar-refractivity contribution in [3.05, 3.63) is 23.0 Å². The number of aromatic nitrogens is 4. The Kier molecular flexibility index (Phi) is 4.00. The monoisotopic (exact) mass is 266 g/mol. The second-order valence-electron chi connectivity index (χ2n) is 3.79. The molecular formula is C10H14N6OS. The van der Waals surface area contributed by atoms with Gasteiger partial charge in [0.1, 0.15) is 6.54 Å². The highest BCUT2D eigenvalue weighted by Gasteiger charge is 2.08. The van der Waals surface area contributed by atoms with E-state index in [0.29, 0.717) is 18.1 Å². The van der Waals surface area contributed by atoms with Gasteiger partial charge in [0.25, 0.3) is 0 Å². The molecule has 0 unspecified atom stereocenters. The van der Waals surface area contributed by atoms with E-state index in [1.165, 1.54) is 16.0 Å². The molecule has 0 aromatic carbocycles. The molecule has 0 bridgehead atoms. The van der Waals surface area contributed by atoms with Crippen LogP contribution in [0.3, 0.4) is 0 Å². The quantitative estimate of drug-likeness (QED) is 0.804. The number of anilines is 1. The summed E-state index contributed by atoms with van der Waals surface area (Å²) < 4.78 is 1.49. The maximum Gasteiger partial charge on any atom is 0.247 e. The van der Waals surface area contributed by atoms with Crippen LogP contribution in [0.5, 0.6) is 0 Å². The molecule has 0 saturated carbocycles. The number of nitrogens with one attached hydrogen (secondary N) is 1. The van der Waals surface area contributed by atoms with Crippen LogP contribution in [0.15, 0.2) is 11.6 Å². The lowest BCUT2D eigenvalue weighted by Gasteiger charge is -2.00. The van der Waals surface area contributed by atoms with Crippen LogP contribution in [0, 0.1) is 6.92 Å². The number of aryl methyl sites for hydroxylation is 1. The van der Waals surface area contributed by atoms with Gasteiger partial charge in [-0.1, -0.05) is 5.21 Å². The van der Waals surface area contributed by atoms with Gasteiger partial charge >= 0.3 is 0 Å². The summed E-state index contributed by atoms with van der Waals surface area (Å²) in [5, 5.41) is 12.9. The largest absolute Gasteiger partial charge is 0.330 e. The van der Waals surface area contributed by atoms with Gasteiger partial charge in [0.05, 0.1) is 11.4 Å². The average Bonchev–Trinajstić information content (AvgIpc) is 2.89. The van der Waals surface area contributed by atoms with Crippen LogP contribution < -0.4 is 11.1 Å². The number of hydrogen-bond donors (Lipinski definition) is 2. The number of amides is 1. The lowest BCUT2D eigenvalue weighted by atomic mass is 10.3. The normalized spacial score (nSPS) is 10.6. The van der Waals surface area contributed by atoms with Crippen molar-refractivity contribution in [3.63, 3.8) is 0 Å². The topological polar surface area (TPSA) is 98.7 Å². The van der Waals surface area contributed by atoms with Crippen molar-refractivity contribution in [1.29, 1.82) is 0 Å². The Morgan fingerprint density at radius 1 is 1.61 bits per heavy atom. The molecule has 2 aromatic heterocycles. The van der Waals surface area contributed by atoms with Gasteiger partial charge in [0.15, 0.2) is 5.13 Å². The minimum atomic E-state index is -0.173.